The fraction of sp³-hybridized carbons (Fsp3) is 0.672. The summed E-state index contributed by atoms with van der Waals surface area (Å²) in [6.45, 7) is 4.57. The zero-order valence-electron chi connectivity index (χ0n) is 43.2. The highest BCUT2D eigenvalue weighted by Crippen LogP contribution is 2.13. The van der Waals surface area contributed by atoms with Crippen molar-refractivity contribution in [3.8, 4) is 0 Å². The summed E-state index contributed by atoms with van der Waals surface area (Å²) in [5.74, 6) is -2.32. The number of ether oxygens (including phenoxy) is 4. The molecule has 0 bridgehead atoms. The lowest BCUT2D eigenvalue weighted by Gasteiger charge is -2.26. The Labute approximate surface area is 410 Å². The predicted molar refractivity (Wildman–Crippen MR) is 278 cm³/mol. The van der Waals surface area contributed by atoms with Crippen LogP contribution >= 0.6 is 0 Å². The monoisotopic (exact) mass is 936 g/mol. The Kier molecular flexibility index (Phi) is 45.9. The van der Waals surface area contributed by atoms with Gasteiger partial charge in [-0.2, -0.15) is 0 Å². The smallest absolute Gasteiger partial charge is 0.306 e. The van der Waals surface area contributed by atoms with Crippen molar-refractivity contribution in [1.82, 2.24) is 0 Å². The standard InChI is InChI=1S/C58H97NO8/c1-6-8-10-12-14-16-18-20-21-22-23-24-25-26-27-28-29-30-31-32-33-34-35-37-39-41-43-45-47-49-56(61)67-54(53-66-58(57(62)63)64-51-50-59(3,4)5)52-65-55(60)48-46-44-42-40-38-36-19-17-15-13-11-9-7-2/h8,10,14,16-17,19-21,23-24,26-27,29-30,32-33,54,58H,6-7,9,11-13,15,18,22,25,28,31,34-53H2,1-5H3/b10-8-,16-14-,19-17-,21-20-,24-23-,27-26-,30-29-,33-32-. The van der Waals surface area contributed by atoms with Crippen molar-refractivity contribution >= 4 is 17.9 Å². The van der Waals surface area contributed by atoms with Crippen LogP contribution in [0.2, 0.25) is 0 Å². The molecule has 0 aliphatic heterocycles. The average molecular weight is 936 g/mol. The maximum absolute atomic E-state index is 12.8. The minimum Gasteiger partial charge on any atom is -0.545 e. The number of nitrogens with zero attached hydrogens (tertiary/aromatic N) is 1. The zero-order valence-corrected chi connectivity index (χ0v) is 43.2. The Morgan fingerprint density at radius 3 is 1.28 bits per heavy atom. The molecule has 0 saturated heterocycles. The van der Waals surface area contributed by atoms with Crippen LogP contribution in [0.5, 0.6) is 0 Å². The molecule has 67 heavy (non-hydrogen) atoms. The molecule has 0 rings (SSSR count). The van der Waals surface area contributed by atoms with Crippen LogP contribution in [0.1, 0.15) is 194 Å². The number of allylic oxidation sites excluding steroid dienone is 16. The van der Waals surface area contributed by atoms with Crippen molar-refractivity contribution in [2.75, 3.05) is 47.5 Å². The van der Waals surface area contributed by atoms with E-state index in [1.807, 2.05) is 21.1 Å². The number of aliphatic carboxylic acids is 1. The van der Waals surface area contributed by atoms with Gasteiger partial charge in [-0.1, -0.05) is 182 Å². The number of rotatable bonds is 47. The first-order valence-electron chi connectivity index (χ1n) is 26.4. The molecule has 0 aliphatic rings. The maximum Gasteiger partial charge on any atom is 0.306 e. The summed E-state index contributed by atoms with van der Waals surface area (Å²) in [4.78, 5) is 37.1. The van der Waals surface area contributed by atoms with Gasteiger partial charge in [-0.25, -0.2) is 0 Å². The van der Waals surface area contributed by atoms with E-state index in [0.717, 1.165) is 109 Å². The molecule has 2 atom stereocenters. The van der Waals surface area contributed by atoms with E-state index in [4.69, 9.17) is 18.9 Å². The van der Waals surface area contributed by atoms with Crippen molar-refractivity contribution in [3.63, 3.8) is 0 Å². The molecule has 9 heteroatoms. The third kappa shape index (κ3) is 49.9. The highest BCUT2D eigenvalue weighted by Gasteiger charge is 2.21. The first-order chi connectivity index (χ1) is 32.6. The van der Waals surface area contributed by atoms with E-state index in [2.05, 4.69) is 111 Å². The Morgan fingerprint density at radius 2 is 0.851 bits per heavy atom. The van der Waals surface area contributed by atoms with Crippen molar-refractivity contribution in [2.45, 2.75) is 206 Å². The molecule has 0 aromatic heterocycles. The number of carboxylic acids is 1. The minimum atomic E-state index is -1.63. The van der Waals surface area contributed by atoms with Crippen molar-refractivity contribution < 1.29 is 42.9 Å². The summed E-state index contributed by atoms with van der Waals surface area (Å²) < 4.78 is 22.6. The van der Waals surface area contributed by atoms with Crippen molar-refractivity contribution in [3.05, 3.63) is 97.2 Å². The number of quaternary nitrogens is 1. The van der Waals surface area contributed by atoms with Crippen LogP contribution in [0.15, 0.2) is 97.2 Å². The van der Waals surface area contributed by atoms with Gasteiger partial charge in [0.15, 0.2) is 12.4 Å². The molecule has 0 aromatic carbocycles. The highest BCUT2D eigenvalue weighted by atomic mass is 16.7. The first-order valence-corrected chi connectivity index (χ1v) is 26.4. The molecule has 0 heterocycles. The molecule has 0 saturated carbocycles. The van der Waals surface area contributed by atoms with Crippen LogP contribution < -0.4 is 5.11 Å². The summed E-state index contributed by atoms with van der Waals surface area (Å²) in [6.07, 6.45) is 61.6. The van der Waals surface area contributed by atoms with Gasteiger partial charge in [0.1, 0.15) is 13.2 Å². The average Bonchev–Trinajstić information content (AvgIpc) is 3.29. The molecule has 0 aromatic rings. The fourth-order valence-corrected chi connectivity index (χ4v) is 6.74. The predicted octanol–water partition coefficient (Wildman–Crippen LogP) is 13.7. The molecule has 2 unspecified atom stereocenters. The van der Waals surface area contributed by atoms with Crippen molar-refractivity contribution in [1.29, 1.82) is 0 Å². The van der Waals surface area contributed by atoms with E-state index in [1.54, 1.807) is 0 Å². The van der Waals surface area contributed by atoms with Gasteiger partial charge in [-0.3, -0.25) is 9.59 Å². The van der Waals surface area contributed by atoms with Crippen LogP contribution in [0.4, 0.5) is 0 Å². The van der Waals surface area contributed by atoms with Crippen LogP contribution in [-0.2, 0) is 33.3 Å². The molecule has 382 valence electrons. The normalized spacial score (nSPS) is 13.6. The summed E-state index contributed by atoms with van der Waals surface area (Å²) >= 11 is 0. The second kappa shape index (κ2) is 48.7. The summed E-state index contributed by atoms with van der Waals surface area (Å²) in [7, 11) is 5.90. The van der Waals surface area contributed by atoms with Gasteiger partial charge in [0.2, 0.25) is 0 Å². The topological polar surface area (TPSA) is 111 Å². The van der Waals surface area contributed by atoms with Crippen LogP contribution in [-0.4, -0.2) is 82.3 Å². The lowest BCUT2D eigenvalue weighted by Crippen LogP contribution is -2.44. The molecule has 0 amide bonds. The number of hydrogen-bond acceptors (Lipinski definition) is 8. The molecule has 0 aliphatic carbocycles. The molecule has 0 radical (unpaired) electrons. The number of likely N-dealkylation sites (N-methyl/N-ethyl adjacent to an activating group) is 1. The number of esters is 2. The molecular formula is C58H97NO8. The maximum atomic E-state index is 12.8. The van der Waals surface area contributed by atoms with E-state index in [1.165, 1.54) is 51.4 Å². The quantitative estimate of drug-likeness (QED) is 0.0195. The summed E-state index contributed by atoms with van der Waals surface area (Å²) in [6, 6.07) is 0. The van der Waals surface area contributed by atoms with E-state index in [0.29, 0.717) is 17.4 Å². The number of carboxylic acid groups (broad SMARTS) is 1. The number of unbranched alkanes of at least 4 members (excludes halogenated alkanes) is 16. The largest absolute Gasteiger partial charge is 0.545 e. The van der Waals surface area contributed by atoms with E-state index in [9.17, 15) is 19.5 Å². The summed E-state index contributed by atoms with van der Waals surface area (Å²) in [5.41, 5.74) is 0. The molecule has 0 spiro atoms. The van der Waals surface area contributed by atoms with Crippen LogP contribution in [0, 0.1) is 0 Å². The van der Waals surface area contributed by atoms with Gasteiger partial charge in [-0.05, 0) is 96.3 Å². The lowest BCUT2D eigenvalue weighted by atomic mass is 10.1. The van der Waals surface area contributed by atoms with E-state index in [-0.39, 0.29) is 38.6 Å². The first kappa shape index (κ1) is 63.2. The van der Waals surface area contributed by atoms with Gasteiger partial charge in [-0.15, -0.1) is 0 Å². The Balaban J connectivity index is 4.32. The number of carbonyl (C=O) groups excluding carboxylic acids is 3. The van der Waals surface area contributed by atoms with Crippen molar-refractivity contribution in [2.24, 2.45) is 0 Å². The number of carbonyl (C=O) groups is 3. The molecule has 0 N–H and O–H groups in total. The Morgan fingerprint density at radius 1 is 0.463 bits per heavy atom. The summed E-state index contributed by atoms with van der Waals surface area (Å²) in [5, 5.41) is 11.7. The zero-order chi connectivity index (χ0) is 49.2. The molecule has 0 fully saturated rings. The van der Waals surface area contributed by atoms with E-state index >= 15 is 0 Å². The minimum absolute atomic E-state index is 0.139. The van der Waals surface area contributed by atoms with Gasteiger partial charge in [0.05, 0.1) is 40.3 Å². The Hall–Kier alpha value is -3.79. The van der Waals surface area contributed by atoms with Gasteiger partial charge in [0, 0.05) is 12.8 Å². The van der Waals surface area contributed by atoms with Crippen LogP contribution in [0.3, 0.4) is 0 Å². The third-order valence-corrected chi connectivity index (χ3v) is 10.8. The van der Waals surface area contributed by atoms with Gasteiger partial charge < -0.3 is 33.3 Å². The highest BCUT2D eigenvalue weighted by molar-refractivity contribution is 5.70. The SMILES string of the molecule is CC/C=C\C/C=C\C/C=C\C/C=C\C/C=C\C/C=C\C/C=C\CCCCCCCCCC(=O)OC(COC(=O)CCCCCCC/C=C\CCCCCC)COC(OCC[N+](C)(C)C)C(=O)[O-]. The second-order valence-corrected chi connectivity index (χ2v) is 18.4. The number of hydrogen-bond donors (Lipinski definition) is 0. The lowest BCUT2D eigenvalue weighted by molar-refractivity contribution is -0.870. The van der Waals surface area contributed by atoms with Gasteiger partial charge >= 0.3 is 11.9 Å². The molecule has 9 nitrogen and oxygen atoms in total. The second-order valence-electron chi connectivity index (χ2n) is 18.4. The van der Waals surface area contributed by atoms with Crippen LogP contribution in [0.25, 0.3) is 0 Å². The Bertz CT molecular complexity index is 1420. The third-order valence-electron chi connectivity index (χ3n) is 10.8. The fourth-order valence-electron chi connectivity index (χ4n) is 6.74. The van der Waals surface area contributed by atoms with E-state index < -0.39 is 24.3 Å². The van der Waals surface area contributed by atoms with Gasteiger partial charge in [0.25, 0.3) is 0 Å². The molecular weight excluding hydrogens is 839 g/mol.